The summed E-state index contributed by atoms with van der Waals surface area (Å²) in [4.78, 5) is 12.4. The van der Waals surface area contributed by atoms with E-state index in [9.17, 15) is 4.79 Å². The van der Waals surface area contributed by atoms with Gasteiger partial charge in [-0.25, -0.2) is 0 Å². The molecule has 0 bridgehead atoms. The summed E-state index contributed by atoms with van der Waals surface area (Å²) in [5, 5.41) is 0. The van der Waals surface area contributed by atoms with Crippen molar-refractivity contribution in [2.24, 2.45) is 0 Å². The molecule has 0 atom stereocenters. The van der Waals surface area contributed by atoms with Crippen LogP contribution in [-0.4, -0.2) is 37.1 Å². The number of unbranched alkanes of at least 4 members (excludes halogenated alkanes) is 2. The molecule has 0 heterocycles. The monoisotopic (exact) mass is 357 g/mol. The molecule has 24 heavy (non-hydrogen) atoms. The summed E-state index contributed by atoms with van der Waals surface area (Å²) >= 11 is 0. The molecule has 0 N–H and O–H groups in total. The normalized spacial score (nSPS) is 9.71. The summed E-state index contributed by atoms with van der Waals surface area (Å²) in [5.41, 5.74) is 1.46. The van der Waals surface area contributed by atoms with E-state index in [1.807, 2.05) is 0 Å². The second-order valence-corrected chi connectivity index (χ2v) is 5.71. The molecule has 0 radical (unpaired) electrons. The Bertz CT molecular complexity index is 376. The van der Waals surface area contributed by atoms with Crippen LogP contribution in [0.25, 0.3) is 0 Å². The highest BCUT2D eigenvalue weighted by molar-refractivity contribution is 5.85. The number of carbonyl (C=O) groups excluding carboxylic acids is 1. The van der Waals surface area contributed by atoms with Crippen molar-refractivity contribution >= 4 is 18.4 Å². The highest BCUT2D eigenvalue weighted by Crippen LogP contribution is 2.04. The Labute approximate surface area is 155 Å². The van der Waals surface area contributed by atoms with Gasteiger partial charge in [-0.2, -0.15) is 0 Å². The van der Waals surface area contributed by atoms with Crippen LogP contribution in [0.4, 0.5) is 0 Å². The first-order valence-electron chi connectivity index (χ1n) is 9.03. The summed E-state index contributed by atoms with van der Waals surface area (Å²) in [6.45, 7) is 11.9. The quantitative estimate of drug-likeness (QED) is 0.544. The number of hydrogen-bond acceptors (Lipinski definition) is 3. The third kappa shape index (κ3) is 15.8. The molecule has 3 nitrogen and oxygen atoms in total. The lowest BCUT2D eigenvalue weighted by Gasteiger charge is -2.21. The number of carbonyl (C=O) groups is 1. The Kier molecular flexibility index (Phi) is 19.2. The molecule has 1 aromatic rings. The van der Waals surface area contributed by atoms with Gasteiger partial charge in [0.15, 0.2) is 0 Å². The molecule has 0 saturated heterocycles. The molecular formula is C20H36ClNO2. The molecular weight excluding hydrogens is 322 g/mol. The van der Waals surface area contributed by atoms with Crippen molar-refractivity contribution in [3.05, 3.63) is 35.9 Å². The van der Waals surface area contributed by atoms with E-state index in [0.29, 0.717) is 6.61 Å². The van der Waals surface area contributed by atoms with Crippen molar-refractivity contribution in [3.63, 3.8) is 0 Å². The van der Waals surface area contributed by atoms with Crippen LogP contribution in [0.5, 0.6) is 0 Å². The standard InChI is InChI=1S/C16H27N.C4H8O2.ClH/c1-3-5-13-17(14-6-4-2)15-12-16-10-8-7-9-11-16;1-3-6-4(2)5;/h7-11H,3-6,12-15H2,1-2H3;3H2,1-2H3;1H. The summed E-state index contributed by atoms with van der Waals surface area (Å²) in [6.07, 6.45) is 6.45. The van der Waals surface area contributed by atoms with Gasteiger partial charge in [0.05, 0.1) is 6.61 Å². The van der Waals surface area contributed by atoms with E-state index >= 15 is 0 Å². The van der Waals surface area contributed by atoms with Gasteiger partial charge in [0.25, 0.3) is 0 Å². The van der Waals surface area contributed by atoms with Crippen LogP contribution in [0.1, 0.15) is 58.9 Å². The fourth-order valence-electron chi connectivity index (χ4n) is 2.23. The number of nitrogens with zero attached hydrogens (tertiary/aromatic N) is 1. The van der Waals surface area contributed by atoms with Gasteiger partial charge in [0.2, 0.25) is 0 Å². The SMILES string of the molecule is CCCCN(CCCC)CCc1ccccc1.CCOC(C)=O.Cl. The lowest BCUT2D eigenvalue weighted by Crippen LogP contribution is -2.28. The topological polar surface area (TPSA) is 29.5 Å². The zero-order valence-corrected chi connectivity index (χ0v) is 16.7. The van der Waals surface area contributed by atoms with Crippen LogP contribution < -0.4 is 0 Å². The van der Waals surface area contributed by atoms with Crippen molar-refractivity contribution in [2.45, 2.75) is 59.8 Å². The number of ether oxygens (including phenoxy) is 1. The van der Waals surface area contributed by atoms with Crippen molar-refractivity contribution in [1.29, 1.82) is 0 Å². The van der Waals surface area contributed by atoms with E-state index in [-0.39, 0.29) is 18.4 Å². The first-order chi connectivity index (χ1) is 11.1. The Morgan fingerprint density at radius 1 is 0.958 bits per heavy atom. The molecule has 0 amide bonds. The van der Waals surface area contributed by atoms with Crippen LogP contribution >= 0.6 is 12.4 Å². The van der Waals surface area contributed by atoms with E-state index in [1.165, 1.54) is 64.2 Å². The van der Waals surface area contributed by atoms with E-state index in [4.69, 9.17) is 0 Å². The summed E-state index contributed by atoms with van der Waals surface area (Å²) in [6, 6.07) is 10.8. The predicted molar refractivity (Wildman–Crippen MR) is 106 cm³/mol. The van der Waals surface area contributed by atoms with Gasteiger partial charge in [0.1, 0.15) is 0 Å². The van der Waals surface area contributed by atoms with Gasteiger partial charge < -0.3 is 9.64 Å². The third-order valence-electron chi connectivity index (χ3n) is 3.56. The van der Waals surface area contributed by atoms with Gasteiger partial charge in [-0.3, -0.25) is 4.79 Å². The second kappa shape index (κ2) is 18.3. The van der Waals surface area contributed by atoms with Gasteiger partial charge in [-0.1, -0.05) is 57.0 Å². The lowest BCUT2D eigenvalue weighted by molar-refractivity contribution is -0.140. The molecule has 1 aromatic carbocycles. The maximum absolute atomic E-state index is 9.82. The minimum Gasteiger partial charge on any atom is -0.466 e. The predicted octanol–water partition coefficient (Wildman–Crippen LogP) is 5.12. The number of rotatable bonds is 10. The molecule has 0 saturated carbocycles. The van der Waals surface area contributed by atoms with Crippen molar-refractivity contribution < 1.29 is 9.53 Å². The zero-order chi connectivity index (χ0) is 17.3. The van der Waals surface area contributed by atoms with Crippen molar-refractivity contribution in [3.8, 4) is 0 Å². The molecule has 0 aromatic heterocycles. The highest BCUT2D eigenvalue weighted by atomic mass is 35.5. The van der Waals surface area contributed by atoms with E-state index < -0.39 is 0 Å². The molecule has 0 aliphatic rings. The maximum atomic E-state index is 9.82. The summed E-state index contributed by atoms with van der Waals surface area (Å²) in [5.74, 6) is -0.211. The van der Waals surface area contributed by atoms with Crippen LogP contribution in [0.15, 0.2) is 30.3 Å². The molecule has 0 fully saturated rings. The smallest absolute Gasteiger partial charge is 0.302 e. The van der Waals surface area contributed by atoms with Gasteiger partial charge in [-0.05, 0) is 44.8 Å². The molecule has 0 aliphatic heterocycles. The fourth-order valence-corrected chi connectivity index (χ4v) is 2.23. The van der Waals surface area contributed by atoms with Gasteiger partial charge >= 0.3 is 5.97 Å². The third-order valence-corrected chi connectivity index (χ3v) is 3.56. The lowest BCUT2D eigenvalue weighted by atomic mass is 10.1. The summed E-state index contributed by atoms with van der Waals surface area (Å²) in [7, 11) is 0. The Morgan fingerprint density at radius 3 is 1.88 bits per heavy atom. The largest absolute Gasteiger partial charge is 0.466 e. The molecule has 0 aliphatic carbocycles. The highest BCUT2D eigenvalue weighted by Gasteiger charge is 2.03. The van der Waals surface area contributed by atoms with Crippen molar-refractivity contribution in [1.82, 2.24) is 4.90 Å². The number of esters is 1. The van der Waals surface area contributed by atoms with E-state index in [1.54, 1.807) is 6.92 Å². The zero-order valence-electron chi connectivity index (χ0n) is 15.9. The van der Waals surface area contributed by atoms with E-state index in [2.05, 4.69) is 53.8 Å². The Balaban J connectivity index is 0. The molecule has 140 valence electrons. The van der Waals surface area contributed by atoms with Crippen LogP contribution in [0.2, 0.25) is 0 Å². The molecule has 0 unspecified atom stereocenters. The average Bonchev–Trinajstić information content (AvgIpc) is 2.55. The van der Waals surface area contributed by atoms with Crippen LogP contribution in [-0.2, 0) is 16.0 Å². The summed E-state index contributed by atoms with van der Waals surface area (Å²) < 4.78 is 4.40. The van der Waals surface area contributed by atoms with Gasteiger partial charge in [0, 0.05) is 13.5 Å². The minimum absolute atomic E-state index is 0. The minimum atomic E-state index is -0.211. The average molecular weight is 358 g/mol. The Morgan fingerprint density at radius 2 is 1.50 bits per heavy atom. The van der Waals surface area contributed by atoms with Crippen molar-refractivity contribution in [2.75, 3.05) is 26.2 Å². The fraction of sp³-hybridized carbons (Fsp3) is 0.650. The first-order valence-corrected chi connectivity index (χ1v) is 9.03. The van der Waals surface area contributed by atoms with E-state index in [0.717, 1.165) is 0 Å². The van der Waals surface area contributed by atoms with Crippen LogP contribution in [0, 0.1) is 0 Å². The number of benzene rings is 1. The Hall–Kier alpha value is -1.06. The first kappa shape index (κ1) is 25.2. The van der Waals surface area contributed by atoms with Crippen LogP contribution in [0.3, 0.4) is 0 Å². The number of halogens is 1. The van der Waals surface area contributed by atoms with Gasteiger partial charge in [-0.15, -0.1) is 12.4 Å². The molecule has 1 rings (SSSR count). The number of hydrogen-bond donors (Lipinski definition) is 0. The second-order valence-electron chi connectivity index (χ2n) is 5.71. The maximum Gasteiger partial charge on any atom is 0.302 e. The molecule has 0 spiro atoms. The molecule has 4 heteroatoms.